The molecule has 0 amide bonds. The van der Waals surface area contributed by atoms with Crippen molar-refractivity contribution >= 4 is 0 Å². The molecule has 2 heterocycles. The molecule has 17 heavy (non-hydrogen) atoms. The number of hydrogen-bond acceptors (Lipinski definition) is 4. The predicted octanol–water partition coefficient (Wildman–Crippen LogP) is 1.52. The van der Waals surface area contributed by atoms with E-state index in [1.165, 1.54) is 12.8 Å². The van der Waals surface area contributed by atoms with Crippen molar-refractivity contribution in [1.82, 2.24) is 4.90 Å². The Labute approximate surface area is 102 Å². The lowest BCUT2D eigenvalue weighted by atomic mass is 9.98. The number of nitriles is 1. The molecule has 94 valence electrons. The molecule has 2 aliphatic heterocycles. The zero-order chi connectivity index (χ0) is 11.8. The van der Waals surface area contributed by atoms with Gasteiger partial charge in [0.05, 0.1) is 19.3 Å². The van der Waals surface area contributed by atoms with Crippen molar-refractivity contribution in [3.63, 3.8) is 0 Å². The van der Waals surface area contributed by atoms with E-state index in [-0.39, 0.29) is 5.79 Å². The van der Waals surface area contributed by atoms with Crippen LogP contribution in [0.25, 0.3) is 0 Å². The van der Waals surface area contributed by atoms with Gasteiger partial charge in [-0.1, -0.05) is 0 Å². The SMILES string of the molecule is N#CCC1(CN2CCC3(CC2)OCCO3)CC1. The Bertz CT molecular complexity index is 317. The van der Waals surface area contributed by atoms with Gasteiger partial charge in [0.1, 0.15) is 0 Å². The molecule has 4 heteroatoms. The zero-order valence-corrected chi connectivity index (χ0v) is 10.3. The lowest BCUT2D eigenvalue weighted by Gasteiger charge is -2.38. The van der Waals surface area contributed by atoms with Crippen LogP contribution in [0.15, 0.2) is 0 Å². The minimum absolute atomic E-state index is 0.261. The summed E-state index contributed by atoms with van der Waals surface area (Å²) in [6, 6.07) is 2.33. The van der Waals surface area contributed by atoms with Gasteiger partial charge in [-0.2, -0.15) is 5.26 Å². The highest BCUT2D eigenvalue weighted by Gasteiger charge is 2.46. The summed E-state index contributed by atoms with van der Waals surface area (Å²) in [4.78, 5) is 2.49. The molecule has 0 radical (unpaired) electrons. The maximum absolute atomic E-state index is 8.83. The van der Waals surface area contributed by atoms with Gasteiger partial charge in [0, 0.05) is 38.9 Å². The fourth-order valence-corrected chi connectivity index (χ4v) is 3.05. The number of hydrogen-bond donors (Lipinski definition) is 0. The number of rotatable bonds is 3. The van der Waals surface area contributed by atoms with E-state index in [4.69, 9.17) is 14.7 Å². The number of piperidine rings is 1. The van der Waals surface area contributed by atoms with Crippen molar-refractivity contribution in [3.8, 4) is 6.07 Å². The van der Waals surface area contributed by atoms with Gasteiger partial charge in [0.25, 0.3) is 0 Å². The molecule has 4 nitrogen and oxygen atoms in total. The van der Waals surface area contributed by atoms with E-state index < -0.39 is 0 Å². The Hall–Kier alpha value is -0.630. The smallest absolute Gasteiger partial charge is 0.170 e. The normalized spacial score (nSPS) is 30.3. The van der Waals surface area contributed by atoms with Crippen molar-refractivity contribution in [1.29, 1.82) is 5.26 Å². The molecular formula is C13H20N2O2. The summed E-state index contributed by atoms with van der Waals surface area (Å²) in [7, 11) is 0. The molecule has 0 N–H and O–H groups in total. The Morgan fingerprint density at radius 1 is 1.06 bits per heavy atom. The molecule has 0 aromatic rings. The largest absolute Gasteiger partial charge is 0.347 e. The van der Waals surface area contributed by atoms with Gasteiger partial charge in [0.2, 0.25) is 0 Å². The monoisotopic (exact) mass is 236 g/mol. The first-order valence-corrected chi connectivity index (χ1v) is 6.63. The zero-order valence-electron chi connectivity index (χ0n) is 10.3. The molecule has 1 saturated carbocycles. The van der Waals surface area contributed by atoms with Gasteiger partial charge in [-0.05, 0) is 18.3 Å². The van der Waals surface area contributed by atoms with Crippen LogP contribution in [-0.2, 0) is 9.47 Å². The van der Waals surface area contributed by atoms with Crippen LogP contribution in [0.2, 0.25) is 0 Å². The number of nitrogens with zero attached hydrogens (tertiary/aromatic N) is 2. The fourth-order valence-electron chi connectivity index (χ4n) is 3.05. The summed E-state index contributed by atoms with van der Waals surface area (Å²) in [5.74, 6) is -0.261. The minimum Gasteiger partial charge on any atom is -0.347 e. The Kier molecular flexibility index (Phi) is 2.86. The molecule has 2 saturated heterocycles. The summed E-state index contributed by atoms with van der Waals surface area (Å²) >= 11 is 0. The predicted molar refractivity (Wildman–Crippen MR) is 62.2 cm³/mol. The van der Waals surface area contributed by atoms with E-state index >= 15 is 0 Å². The molecule has 0 unspecified atom stereocenters. The molecule has 1 aliphatic carbocycles. The summed E-state index contributed by atoms with van der Waals surface area (Å²) in [5.41, 5.74) is 0.330. The lowest BCUT2D eigenvalue weighted by molar-refractivity contribution is -0.186. The fraction of sp³-hybridized carbons (Fsp3) is 0.923. The third-order valence-electron chi connectivity index (χ3n) is 4.40. The lowest BCUT2D eigenvalue weighted by Crippen LogP contribution is -2.46. The summed E-state index contributed by atoms with van der Waals surface area (Å²) < 4.78 is 11.4. The van der Waals surface area contributed by atoms with Gasteiger partial charge >= 0.3 is 0 Å². The van der Waals surface area contributed by atoms with E-state index in [0.717, 1.165) is 52.1 Å². The van der Waals surface area contributed by atoms with Crippen molar-refractivity contribution in [2.45, 2.75) is 37.9 Å². The van der Waals surface area contributed by atoms with Gasteiger partial charge in [-0.15, -0.1) is 0 Å². The van der Waals surface area contributed by atoms with E-state index in [2.05, 4.69) is 11.0 Å². The first-order valence-electron chi connectivity index (χ1n) is 6.63. The van der Waals surface area contributed by atoms with Crippen LogP contribution >= 0.6 is 0 Å². The minimum atomic E-state index is -0.261. The van der Waals surface area contributed by atoms with E-state index in [9.17, 15) is 0 Å². The summed E-state index contributed by atoms with van der Waals surface area (Å²) in [6.07, 6.45) is 5.15. The highest BCUT2D eigenvalue weighted by Crippen LogP contribution is 2.49. The van der Waals surface area contributed by atoms with Crippen LogP contribution in [0.5, 0.6) is 0 Å². The first kappa shape index (κ1) is 11.5. The highest BCUT2D eigenvalue weighted by atomic mass is 16.7. The van der Waals surface area contributed by atoms with Gasteiger partial charge in [0.15, 0.2) is 5.79 Å². The van der Waals surface area contributed by atoms with Crippen LogP contribution in [0.3, 0.4) is 0 Å². The van der Waals surface area contributed by atoms with Crippen molar-refractivity contribution < 1.29 is 9.47 Å². The molecule has 3 fully saturated rings. The third kappa shape index (κ3) is 2.33. The Morgan fingerprint density at radius 3 is 2.24 bits per heavy atom. The number of likely N-dealkylation sites (tertiary alicyclic amines) is 1. The molecule has 1 spiro atoms. The molecule has 0 bridgehead atoms. The molecule has 0 aromatic carbocycles. The van der Waals surface area contributed by atoms with E-state index in [0.29, 0.717) is 5.41 Å². The van der Waals surface area contributed by atoms with E-state index in [1.807, 2.05) is 0 Å². The van der Waals surface area contributed by atoms with Crippen LogP contribution in [0.4, 0.5) is 0 Å². The molecule has 3 rings (SSSR count). The second-order valence-corrected chi connectivity index (χ2v) is 5.72. The van der Waals surface area contributed by atoms with E-state index in [1.54, 1.807) is 0 Å². The Morgan fingerprint density at radius 2 is 1.71 bits per heavy atom. The van der Waals surface area contributed by atoms with Gasteiger partial charge in [-0.25, -0.2) is 0 Å². The Balaban J connectivity index is 1.50. The first-order chi connectivity index (χ1) is 8.26. The van der Waals surface area contributed by atoms with Crippen molar-refractivity contribution in [3.05, 3.63) is 0 Å². The van der Waals surface area contributed by atoms with Crippen LogP contribution < -0.4 is 0 Å². The van der Waals surface area contributed by atoms with Gasteiger partial charge < -0.3 is 14.4 Å². The average Bonchev–Trinajstić information content (AvgIpc) is 2.93. The standard InChI is InChI=1S/C13H20N2O2/c14-6-3-12(1-2-12)11-15-7-4-13(5-8-15)16-9-10-17-13/h1-5,7-11H2. The second-order valence-electron chi connectivity index (χ2n) is 5.72. The van der Waals surface area contributed by atoms with Crippen LogP contribution in [0, 0.1) is 16.7 Å². The van der Waals surface area contributed by atoms with Crippen molar-refractivity contribution in [2.75, 3.05) is 32.8 Å². The van der Waals surface area contributed by atoms with Crippen LogP contribution in [0.1, 0.15) is 32.1 Å². The number of ether oxygens (including phenoxy) is 2. The summed E-state index contributed by atoms with van der Waals surface area (Å²) in [6.45, 7) is 4.69. The van der Waals surface area contributed by atoms with Crippen molar-refractivity contribution in [2.24, 2.45) is 5.41 Å². The topological polar surface area (TPSA) is 45.5 Å². The molecule has 0 aromatic heterocycles. The molecule has 0 atom stereocenters. The molecule has 3 aliphatic rings. The third-order valence-corrected chi connectivity index (χ3v) is 4.40. The van der Waals surface area contributed by atoms with Crippen LogP contribution in [-0.4, -0.2) is 43.5 Å². The highest BCUT2D eigenvalue weighted by molar-refractivity contribution is 5.01. The van der Waals surface area contributed by atoms with Gasteiger partial charge in [-0.3, -0.25) is 0 Å². The quantitative estimate of drug-likeness (QED) is 0.745. The maximum atomic E-state index is 8.83. The average molecular weight is 236 g/mol. The second kappa shape index (κ2) is 4.24. The summed E-state index contributed by atoms with van der Waals surface area (Å²) in [5, 5.41) is 8.83. The molecular weight excluding hydrogens is 216 g/mol. The maximum Gasteiger partial charge on any atom is 0.170 e.